The molecule has 14 heteroatoms. The van der Waals surface area contributed by atoms with Gasteiger partial charge in [-0.3, -0.25) is 25.3 Å². The van der Waals surface area contributed by atoms with Gasteiger partial charge in [0.05, 0.1) is 52.1 Å². The van der Waals surface area contributed by atoms with Gasteiger partial charge in [-0.15, -0.1) is 0 Å². The zero-order chi connectivity index (χ0) is 32.8. The average molecular weight is 634 g/mol. The molecule has 3 N–H and O–H groups in total. The summed E-state index contributed by atoms with van der Waals surface area (Å²) in [7, 11) is 3.04. The third kappa shape index (κ3) is 10.7. The van der Waals surface area contributed by atoms with Gasteiger partial charge < -0.3 is 28.6 Å². The molecule has 0 radical (unpaired) electrons. The molecule has 1 amide bonds. The quantitative estimate of drug-likeness (QED) is 0.124. The lowest BCUT2D eigenvalue weighted by Gasteiger charge is -2.37. The van der Waals surface area contributed by atoms with Gasteiger partial charge in [-0.05, 0) is 55.5 Å². The summed E-state index contributed by atoms with van der Waals surface area (Å²) in [6.45, 7) is 3.49. The second-order valence-corrected chi connectivity index (χ2v) is 10.2. The van der Waals surface area contributed by atoms with Crippen molar-refractivity contribution in [2.45, 2.75) is 57.8 Å². The van der Waals surface area contributed by atoms with Crippen LogP contribution in [0, 0.1) is 0 Å². The number of carbonyl (C=O) groups is 3. The Morgan fingerprint density at radius 3 is 2.29 bits per heavy atom. The summed E-state index contributed by atoms with van der Waals surface area (Å²) in [5.41, 5.74) is 2.64. The number of carbonyl (C=O) groups excluding carboxylic acids is 3. The van der Waals surface area contributed by atoms with Crippen molar-refractivity contribution >= 4 is 17.8 Å². The van der Waals surface area contributed by atoms with Crippen molar-refractivity contribution in [2.24, 2.45) is 0 Å². The van der Waals surface area contributed by atoms with Crippen LogP contribution < -0.4 is 14.8 Å². The van der Waals surface area contributed by atoms with Crippen LogP contribution in [0.1, 0.15) is 37.0 Å². The van der Waals surface area contributed by atoms with E-state index in [-0.39, 0.29) is 46.0 Å². The molecule has 0 spiro atoms. The molecule has 14 nitrogen and oxygen atoms in total. The highest BCUT2D eigenvalue weighted by molar-refractivity contribution is 5.89. The number of nitrogens with zero attached hydrogens (tertiary/aromatic N) is 2. The van der Waals surface area contributed by atoms with Gasteiger partial charge in [0.2, 0.25) is 5.91 Å². The highest BCUT2D eigenvalue weighted by Gasteiger charge is 2.39. The van der Waals surface area contributed by atoms with Gasteiger partial charge in [-0.25, -0.2) is 9.63 Å². The normalized spacial score (nSPS) is 15.6. The van der Waals surface area contributed by atoms with Crippen molar-refractivity contribution < 1.29 is 53.3 Å². The second-order valence-electron chi connectivity index (χ2n) is 10.2. The smallest absolute Gasteiger partial charge is 0.329 e. The zero-order valence-corrected chi connectivity index (χ0v) is 26.1. The molecule has 1 aliphatic heterocycles. The van der Waals surface area contributed by atoms with Crippen LogP contribution in [0.25, 0.3) is 0 Å². The van der Waals surface area contributed by atoms with E-state index in [1.807, 2.05) is 30.3 Å². The number of methoxy groups -OCH3 is 2. The summed E-state index contributed by atoms with van der Waals surface area (Å²) >= 11 is 0. The number of amides is 1. The minimum atomic E-state index is -0.960. The number of aryl methyl sites for hydroxylation is 1. The number of hydrogen-bond donors (Lipinski definition) is 3. The SMILES string of the molecule is CCOC(=O)C(CCc1ccccc1)NC(C)C(=O)N1Cc2cc(OC)c(OC)cc2CC1C(=O)OCCOCCON(O)O. The molecule has 0 aliphatic carbocycles. The highest BCUT2D eigenvalue weighted by Crippen LogP contribution is 2.35. The number of nitrogens with one attached hydrogen (secondary N) is 1. The van der Waals surface area contributed by atoms with Crippen molar-refractivity contribution in [1.82, 2.24) is 15.6 Å². The molecule has 248 valence electrons. The Hall–Kier alpha value is -3.79. The van der Waals surface area contributed by atoms with Crippen LogP contribution in [0.5, 0.6) is 11.5 Å². The topological polar surface area (TPSA) is 166 Å². The van der Waals surface area contributed by atoms with Crippen molar-refractivity contribution in [2.75, 3.05) is 47.3 Å². The van der Waals surface area contributed by atoms with Crippen molar-refractivity contribution in [1.29, 1.82) is 0 Å². The molecule has 3 rings (SSSR count). The fourth-order valence-electron chi connectivity index (χ4n) is 5.02. The third-order valence-electron chi connectivity index (χ3n) is 7.25. The molecule has 2 aromatic rings. The molecule has 3 atom stereocenters. The molecule has 2 aromatic carbocycles. The Morgan fingerprint density at radius 1 is 0.978 bits per heavy atom. The third-order valence-corrected chi connectivity index (χ3v) is 7.25. The van der Waals surface area contributed by atoms with Crippen molar-refractivity contribution in [3.63, 3.8) is 0 Å². The number of benzene rings is 2. The molecule has 1 aliphatic rings. The fraction of sp³-hybridized carbons (Fsp3) is 0.516. The van der Waals surface area contributed by atoms with Crippen LogP contribution >= 0.6 is 0 Å². The first kappa shape index (κ1) is 35.7. The molecule has 0 bridgehead atoms. The first-order valence-corrected chi connectivity index (χ1v) is 14.7. The lowest BCUT2D eigenvalue weighted by molar-refractivity contribution is -0.493. The Kier molecular flexibility index (Phi) is 14.5. The predicted molar refractivity (Wildman–Crippen MR) is 159 cm³/mol. The summed E-state index contributed by atoms with van der Waals surface area (Å²) in [6, 6.07) is 10.7. The lowest BCUT2D eigenvalue weighted by atomic mass is 9.92. The number of rotatable bonds is 18. The monoisotopic (exact) mass is 633 g/mol. The van der Waals surface area contributed by atoms with Crippen LogP contribution in [0.15, 0.2) is 42.5 Å². The van der Waals surface area contributed by atoms with Gasteiger partial charge >= 0.3 is 11.9 Å². The summed E-state index contributed by atoms with van der Waals surface area (Å²) in [5.74, 6) is -0.489. The van der Waals surface area contributed by atoms with E-state index in [1.165, 1.54) is 19.1 Å². The Labute approximate surface area is 262 Å². The maximum absolute atomic E-state index is 14.0. The molecule has 0 saturated carbocycles. The van der Waals surface area contributed by atoms with E-state index in [2.05, 4.69) is 10.2 Å². The standard InChI is InChI=1S/C31H43N3O11/c1-5-43-30(36)25(12-11-22-9-7-6-8-10-22)32-21(2)29(35)33-20-24-19-28(41-4)27(40-3)18-23(24)17-26(33)31(37)44-15-13-42-14-16-45-34(38)39/h6-10,18-19,21,25-26,32,38-39H,5,11-17,20H2,1-4H3. The van der Waals surface area contributed by atoms with Crippen LogP contribution in [0.4, 0.5) is 0 Å². The van der Waals surface area contributed by atoms with Gasteiger partial charge in [-0.2, -0.15) is 0 Å². The first-order valence-electron chi connectivity index (χ1n) is 14.7. The number of fused-ring (bicyclic) bond motifs is 1. The molecule has 3 unspecified atom stereocenters. The van der Waals surface area contributed by atoms with E-state index >= 15 is 0 Å². The maximum Gasteiger partial charge on any atom is 0.329 e. The summed E-state index contributed by atoms with van der Waals surface area (Å²) in [4.78, 5) is 46.0. The van der Waals surface area contributed by atoms with E-state index in [0.717, 1.165) is 16.7 Å². The Morgan fingerprint density at radius 2 is 1.64 bits per heavy atom. The van der Waals surface area contributed by atoms with Crippen molar-refractivity contribution in [3.8, 4) is 11.5 Å². The average Bonchev–Trinajstić information content (AvgIpc) is 3.04. The van der Waals surface area contributed by atoms with Crippen molar-refractivity contribution in [3.05, 3.63) is 59.2 Å². The minimum Gasteiger partial charge on any atom is -0.493 e. The summed E-state index contributed by atoms with van der Waals surface area (Å²) in [6.07, 6.45) is 1.17. The second kappa shape index (κ2) is 18.2. The zero-order valence-electron chi connectivity index (χ0n) is 26.1. The predicted octanol–water partition coefficient (Wildman–Crippen LogP) is 2.07. The first-order chi connectivity index (χ1) is 21.7. The van der Waals surface area contributed by atoms with Crippen LogP contribution in [0.3, 0.4) is 0 Å². The van der Waals surface area contributed by atoms with Gasteiger partial charge in [-0.1, -0.05) is 30.3 Å². The van der Waals surface area contributed by atoms with Gasteiger partial charge in [0.15, 0.2) is 11.5 Å². The molecule has 0 fully saturated rings. The van der Waals surface area contributed by atoms with E-state index in [4.69, 9.17) is 34.1 Å². The highest BCUT2D eigenvalue weighted by atomic mass is 17.1. The largest absolute Gasteiger partial charge is 0.493 e. The van der Waals surface area contributed by atoms with Crippen LogP contribution in [0.2, 0.25) is 0 Å². The Bertz CT molecular complexity index is 1240. The van der Waals surface area contributed by atoms with E-state index in [9.17, 15) is 14.4 Å². The van der Waals surface area contributed by atoms with Gasteiger partial charge in [0.1, 0.15) is 18.7 Å². The minimum absolute atomic E-state index is 0.0211. The van der Waals surface area contributed by atoms with Gasteiger partial charge in [0, 0.05) is 13.0 Å². The Balaban J connectivity index is 1.76. The molecule has 0 aromatic heterocycles. The number of ether oxygens (including phenoxy) is 5. The molecule has 1 heterocycles. The van der Waals surface area contributed by atoms with Gasteiger partial charge in [0.25, 0.3) is 0 Å². The summed E-state index contributed by atoms with van der Waals surface area (Å²) in [5, 5.41) is 19.8. The van der Waals surface area contributed by atoms with E-state index < -0.39 is 41.4 Å². The fourth-order valence-corrected chi connectivity index (χ4v) is 5.02. The lowest BCUT2D eigenvalue weighted by Crippen LogP contribution is -2.56. The van der Waals surface area contributed by atoms with E-state index in [0.29, 0.717) is 24.3 Å². The molecule has 0 saturated heterocycles. The maximum atomic E-state index is 14.0. The molecular weight excluding hydrogens is 590 g/mol. The molecule has 45 heavy (non-hydrogen) atoms. The number of hydrogen-bond acceptors (Lipinski definition) is 13. The van der Waals surface area contributed by atoms with E-state index in [1.54, 1.807) is 26.0 Å². The van der Waals surface area contributed by atoms with Crippen LogP contribution in [-0.2, 0) is 52.8 Å². The van der Waals surface area contributed by atoms with Crippen LogP contribution in [-0.4, -0.2) is 104 Å². The molecular formula is C31H43N3O11. The summed E-state index contributed by atoms with van der Waals surface area (Å²) < 4.78 is 26.9. The number of esters is 2.